The van der Waals surface area contributed by atoms with E-state index in [1.54, 1.807) is 12.1 Å². The number of aromatic hydroxyl groups is 1. The summed E-state index contributed by atoms with van der Waals surface area (Å²) < 4.78 is 5.07. The second kappa shape index (κ2) is 5.85. The molecule has 4 heteroatoms. The van der Waals surface area contributed by atoms with E-state index in [1.165, 1.54) is 7.11 Å². The third-order valence-electron chi connectivity index (χ3n) is 2.85. The van der Waals surface area contributed by atoms with Crippen molar-refractivity contribution in [3.05, 3.63) is 52.5 Å². The normalized spacial score (nSPS) is 10.3. The van der Waals surface area contributed by atoms with Crippen LogP contribution in [0.1, 0.15) is 11.1 Å². The Balaban J connectivity index is 2.10. The van der Waals surface area contributed by atoms with Gasteiger partial charge in [0.05, 0.1) is 17.8 Å². The molecule has 19 heavy (non-hydrogen) atoms. The molecular weight excluding hydrogens is 262 g/mol. The quantitative estimate of drug-likeness (QED) is 0.888. The van der Waals surface area contributed by atoms with Crippen LogP contribution < -0.4 is 10.1 Å². The fourth-order valence-electron chi connectivity index (χ4n) is 1.79. The molecule has 0 saturated heterocycles. The fourth-order valence-corrected chi connectivity index (χ4v) is 2.09. The van der Waals surface area contributed by atoms with Crippen LogP contribution >= 0.6 is 11.6 Å². The Morgan fingerprint density at radius 3 is 2.68 bits per heavy atom. The molecule has 100 valence electrons. The van der Waals surface area contributed by atoms with Crippen LogP contribution in [0.5, 0.6) is 11.5 Å². The lowest BCUT2D eigenvalue weighted by Crippen LogP contribution is -2.00. The van der Waals surface area contributed by atoms with Gasteiger partial charge in [-0.3, -0.25) is 0 Å². The standard InChI is InChI=1S/C15H16ClNO2/c1-10-3-5-13(12(16)7-10)17-9-11-4-6-14(18)15(8-11)19-2/h3-8,17-18H,9H2,1-2H3. The summed E-state index contributed by atoms with van der Waals surface area (Å²) >= 11 is 6.15. The van der Waals surface area contributed by atoms with E-state index in [0.717, 1.165) is 16.8 Å². The number of hydrogen-bond donors (Lipinski definition) is 2. The first-order valence-electron chi connectivity index (χ1n) is 5.96. The maximum absolute atomic E-state index is 9.53. The van der Waals surface area contributed by atoms with E-state index in [-0.39, 0.29) is 5.75 Å². The number of benzene rings is 2. The number of anilines is 1. The van der Waals surface area contributed by atoms with Gasteiger partial charge in [-0.15, -0.1) is 0 Å². The van der Waals surface area contributed by atoms with Crippen LogP contribution in [0.3, 0.4) is 0 Å². The highest BCUT2D eigenvalue weighted by Crippen LogP contribution is 2.27. The second-order valence-electron chi connectivity index (χ2n) is 4.34. The Labute approximate surface area is 117 Å². The van der Waals surface area contributed by atoms with E-state index < -0.39 is 0 Å². The van der Waals surface area contributed by atoms with Crippen molar-refractivity contribution in [3.63, 3.8) is 0 Å². The third kappa shape index (κ3) is 3.32. The fraction of sp³-hybridized carbons (Fsp3) is 0.200. The van der Waals surface area contributed by atoms with Crippen molar-refractivity contribution in [3.8, 4) is 11.5 Å². The summed E-state index contributed by atoms with van der Waals surface area (Å²) in [6, 6.07) is 11.1. The number of phenols is 1. The summed E-state index contributed by atoms with van der Waals surface area (Å²) in [5, 5.41) is 13.5. The molecule has 0 unspecified atom stereocenters. The van der Waals surface area contributed by atoms with Crippen molar-refractivity contribution in [2.24, 2.45) is 0 Å². The van der Waals surface area contributed by atoms with Crippen LogP contribution in [0, 0.1) is 6.92 Å². The van der Waals surface area contributed by atoms with Gasteiger partial charge in [-0.25, -0.2) is 0 Å². The minimum atomic E-state index is 0.139. The van der Waals surface area contributed by atoms with Crippen molar-refractivity contribution in [2.45, 2.75) is 13.5 Å². The Bertz CT molecular complexity index is 584. The Hall–Kier alpha value is -1.87. The largest absolute Gasteiger partial charge is 0.504 e. The van der Waals surface area contributed by atoms with Crippen LogP contribution in [0.15, 0.2) is 36.4 Å². The van der Waals surface area contributed by atoms with E-state index in [4.69, 9.17) is 16.3 Å². The maximum Gasteiger partial charge on any atom is 0.160 e. The Kier molecular flexibility index (Phi) is 4.17. The zero-order chi connectivity index (χ0) is 13.8. The average molecular weight is 278 g/mol. The molecule has 0 saturated carbocycles. The van der Waals surface area contributed by atoms with E-state index in [2.05, 4.69) is 5.32 Å². The molecule has 0 aliphatic carbocycles. The van der Waals surface area contributed by atoms with Crippen molar-refractivity contribution in [1.29, 1.82) is 0 Å². The van der Waals surface area contributed by atoms with E-state index in [1.807, 2.05) is 31.2 Å². The zero-order valence-electron chi connectivity index (χ0n) is 10.9. The summed E-state index contributed by atoms with van der Waals surface area (Å²) in [6.45, 7) is 2.61. The molecular formula is C15H16ClNO2. The van der Waals surface area contributed by atoms with E-state index in [0.29, 0.717) is 17.3 Å². The number of phenolic OH excluding ortho intramolecular Hbond substituents is 1. The van der Waals surface area contributed by atoms with E-state index in [9.17, 15) is 5.11 Å². The van der Waals surface area contributed by atoms with Gasteiger partial charge in [-0.05, 0) is 42.3 Å². The molecule has 2 N–H and O–H groups in total. The molecule has 2 aromatic carbocycles. The van der Waals surface area contributed by atoms with Crippen molar-refractivity contribution in [1.82, 2.24) is 0 Å². The minimum Gasteiger partial charge on any atom is -0.504 e. The average Bonchev–Trinajstić information content (AvgIpc) is 2.39. The lowest BCUT2D eigenvalue weighted by atomic mass is 10.2. The van der Waals surface area contributed by atoms with Gasteiger partial charge in [0.25, 0.3) is 0 Å². The number of ether oxygens (including phenoxy) is 1. The topological polar surface area (TPSA) is 41.5 Å². The molecule has 2 rings (SSSR count). The van der Waals surface area contributed by atoms with Crippen LogP contribution in [-0.4, -0.2) is 12.2 Å². The number of aryl methyl sites for hydroxylation is 1. The lowest BCUT2D eigenvalue weighted by molar-refractivity contribution is 0.373. The first kappa shape index (κ1) is 13.6. The smallest absolute Gasteiger partial charge is 0.160 e. The molecule has 0 atom stereocenters. The molecule has 0 bridgehead atoms. The minimum absolute atomic E-state index is 0.139. The predicted molar refractivity (Wildman–Crippen MR) is 78.2 cm³/mol. The highest BCUT2D eigenvalue weighted by Gasteiger charge is 2.04. The third-order valence-corrected chi connectivity index (χ3v) is 3.16. The van der Waals surface area contributed by atoms with Gasteiger partial charge in [-0.2, -0.15) is 0 Å². The number of nitrogens with one attached hydrogen (secondary N) is 1. The summed E-state index contributed by atoms with van der Waals surface area (Å²) in [5.41, 5.74) is 3.02. The van der Waals surface area contributed by atoms with Crippen LogP contribution in [0.4, 0.5) is 5.69 Å². The van der Waals surface area contributed by atoms with E-state index >= 15 is 0 Å². The summed E-state index contributed by atoms with van der Waals surface area (Å²) in [6.07, 6.45) is 0. The van der Waals surface area contributed by atoms with Gasteiger partial charge in [-0.1, -0.05) is 23.7 Å². The molecule has 0 aliphatic rings. The molecule has 2 aromatic rings. The van der Waals surface area contributed by atoms with Crippen LogP contribution in [0.25, 0.3) is 0 Å². The molecule has 0 amide bonds. The van der Waals surface area contributed by atoms with Gasteiger partial charge in [0, 0.05) is 6.54 Å². The number of methoxy groups -OCH3 is 1. The van der Waals surface area contributed by atoms with Gasteiger partial charge in [0.2, 0.25) is 0 Å². The van der Waals surface area contributed by atoms with Gasteiger partial charge in [0.1, 0.15) is 0 Å². The molecule has 0 fully saturated rings. The predicted octanol–water partition coefficient (Wildman–Crippen LogP) is 3.97. The summed E-state index contributed by atoms with van der Waals surface area (Å²) in [7, 11) is 1.53. The number of rotatable bonds is 4. The Morgan fingerprint density at radius 1 is 1.21 bits per heavy atom. The molecule has 0 aromatic heterocycles. The van der Waals surface area contributed by atoms with Gasteiger partial charge >= 0.3 is 0 Å². The highest BCUT2D eigenvalue weighted by atomic mass is 35.5. The van der Waals surface area contributed by atoms with Gasteiger partial charge < -0.3 is 15.2 Å². The molecule has 0 spiro atoms. The van der Waals surface area contributed by atoms with Gasteiger partial charge in [0.15, 0.2) is 11.5 Å². The first-order valence-corrected chi connectivity index (χ1v) is 6.34. The van der Waals surface area contributed by atoms with Crippen molar-refractivity contribution in [2.75, 3.05) is 12.4 Å². The first-order chi connectivity index (χ1) is 9.10. The Morgan fingerprint density at radius 2 is 2.00 bits per heavy atom. The highest BCUT2D eigenvalue weighted by molar-refractivity contribution is 6.33. The SMILES string of the molecule is COc1cc(CNc2ccc(C)cc2Cl)ccc1O. The number of halogens is 1. The van der Waals surface area contributed by atoms with Crippen molar-refractivity contribution < 1.29 is 9.84 Å². The second-order valence-corrected chi connectivity index (χ2v) is 4.75. The zero-order valence-corrected chi connectivity index (χ0v) is 11.7. The lowest BCUT2D eigenvalue weighted by Gasteiger charge is -2.10. The molecule has 0 radical (unpaired) electrons. The summed E-state index contributed by atoms with van der Waals surface area (Å²) in [5.74, 6) is 0.605. The molecule has 0 aliphatic heterocycles. The van der Waals surface area contributed by atoms with Crippen molar-refractivity contribution >= 4 is 17.3 Å². The number of hydrogen-bond acceptors (Lipinski definition) is 3. The monoisotopic (exact) mass is 277 g/mol. The van der Waals surface area contributed by atoms with Crippen LogP contribution in [-0.2, 0) is 6.54 Å². The molecule has 3 nitrogen and oxygen atoms in total. The maximum atomic E-state index is 9.53. The molecule has 0 heterocycles. The van der Waals surface area contributed by atoms with Crippen LogP contribution in [0.2, 0.25) is 5.02 Å². The summed E-state index contributed by atoms with van der Waals surface area (Å²) in [4.78, 5) is 0.